The molecule has 0 saturated carbocycles. The van der Waals surface area contributed by atoms with Crippen LogP contribution >= 0.6 is 0 Å². The quantitative estimate of drug-likeness (QED) is 0.841. The molecule has 2 rings (SSSR count). The Kier molecular flexibility index (Phi) is 4.32. The second-order valence-corrected chi connectivity index (χ2v) is 6.07. The van der Waals surface area contributed by atoms with E-state index in [0.29, 0.717) is 17.8 Å². The molecule has 2 amide bonds. The number of aliphatic hydroxyl groups is 1. The molecule has 0 radical (unpaired) electrons. The third-order valence-corrected chi connectivity index (χ3v) is 3.85. The van der Waals surface area contributed by atoms with Gasteiger partial charge in [0.25, 0.3) is 0 Å². The summed E-state index contributed by atoms with van der Waals surface area (Å²) in [5.74, 6) is -0.0401. The molecule has 1 aromatic rings. The van der Waals surface area contributed by atoms with Gasteiger partial charge < -0.3 is 15.3 Å². The molecule has 1 fully saturated rings. The van der Waals surface area contributed by atoms with Gasteiger partial charge in [-0.05, 0) is 45.7 Å². The lowest BCUT2D eigenvalue weighted by Gasteiger charge is -2.33. The van der Waals surface area contributed by atoms with Crippen LogP contribution in [0, 0.1) is 0 Å². The predicted molar refractivity (Wildman–Crippen MR) is 81.5 cm³/mol. The van der Waals surface area contributed by atoms with Crippen molar-refractivity contribution in [2.24, 2.45) is 0 Å². The first-order chi connectivity index (χ1) is 9.79. The Morgan fingerprint density at radius 1 is 1.38 bits per heavy atom. The van der Waals surface area contributed by atoms with Gasteiger partial charge in [0, 0.05) is 17.8 Å². The molecule has 1 aliphatic heterocycles. The van der Waals surface area contributed by atoms with E-state index in [2.05, 4.69) is 5.32 Å². The molecule has 1 aromatic carbocycles. The molecule has 1 unspecified atom stereocenters. The zero-order valence-electron chi connectivity index (χ0n) is 12.7. The summed E-state index contributed by atoms with van der Waals surface area (Å²) in [6.07, 6.45) is 1.68. The molecule has 1 saturated heterocycles. The largest absolute Gasteiger partial charge is 0.388 e. The van der Waals surface area contributed by atoms with Crippen molar-refractivity contribution < 1.29 is 14.7 Å². The van der Waals surface area contributed by atoms with Crippen LogP contribution < -0.4 is 5.32 Å². The lowest BCUT2D eigenvalue weighted by Crippen LogP contribution is -2.49. The summed E-state index contributed by atoms with van der Waals surface area (Å²) in [6.45, 7) is 5.57. The molecule has 5 heteroatoms. The first-order valence-corrected chi connectivity index (χ1v) is 7.20. The standard InChI is InChI=1S/C16H22N2O3/c1-11(19)12-6-4-7-13(10-12)17-15(20)18-9-5-8-14(18)16(2,3)21/h4,6-7,10,14,21H,5,8-9H2,1-3H3,(H,17,20). The number of nitrogens with one attached hydrogen (secondary N) is 1. The molecule has 0 aromatic heterocycles. The smallest absolute Gasteiger partial charge is 0.322 e. The average Bonchev–Trinajstić information content (AvgIpc) is 2.88. The summed E-state index contributed by atoms with van der Waals surface area (Å²) < 4.78 is 0. The third kappa shape index (κ3) is 3.61. The number of hydrogen-bond donors (Lipinski definition) is 2. The van der Waals surface area contributed by atoms with Gasteiger partial charge in [0.1, 0.15) is 0 Å². The fourth-order valence-corrected chi connectivity index (χ4v) is 2.76. The van der Waals surface area contributed by atoms with Crippen LogP contribution in [-0.2, 0) is 0 Å². The highest BCUT2D eigenvalue weighted by molar-refractivity contribution is 5.96. The van der Waals surface area contributed by atoms with Crippen LogP contribution in [0.1, 0.15) is 44.0 Å². The molecule has 114 valence electrons. The Morgan fingerprint density at radius 3 is 2.71 bits per heavy atom. The van der Waals surface area contributed by atoms with Gasteiger partial charge in [-0.1, -0.05) is 12.1 Å². The maximum absolute atomic E-state index is 12.4. The summed E-state index contributed by atoms with van der Waals surface area (Å²) >= 11 is 0. The minimum atomic E-state index is -0.922. The van der Waals surface area contributed by atoms with Crippen molar-refractivity contribution in [1.29, 1.82) is 0 Å². The number of rotatable bonds is 3. The van der Waals surface area contributed by atoms with E-state index < -0.39 is 5.60 Å². The molecule has 21 heavy (non-hydrogen) atoms. The van der Waals surface area contributed by atoms with E-state index in [9.17, 15) is 14.7 Å². The summed E-state index contributed by atoms with van der Waals surface area (Å²) in [4.78, 5) is 25.4. The SMILES string of the molecule is CC(=O)c1cccc(NC(=O)N2CCCC2C(C)(C)O)c1. The molecule has 0 bridgehead atoms. The van der Waals surface area contributed by atoms with E-state index in [4.69, 9.17) is 0 Å². The third-order valence-electron chi connectivity index (χ3n) is 3.85. The number of likely N-dealkylation sites (tertiary alicyclic amines) is 1. The van der Waals surface area contributed by atoms with Gasteiger partial charge in [0.2, 0.25) is 0 Å². The van der Waals surface area contributed by atoms with E-state index in [1.165, 1.54) is 6.92 Å². The highest BCUT2D eigenvalue weighted by atomic mass is 16.3. The van der Waals surface area contributed by atoms with Crippen LogP contribution in [0.3, 0.4) is 0 Å². The Bertz CT molecular complexity index is 549. The predicted octanol–water partition coefficient (Wildman–Crippen LogP) is 2.66. The first kappa shape index (κ1) is 15.5. The minimum Gasteiger partial charge on any atom is -0.388 e. The molecule has 1 aliphatic rings. The first-order valence-electron chi connectivity index (χ1n) is 7.20. The van der Waals surface area contributed by atoms with E-state index >= 15 is 0 Å². The summed E-state index contributed by atoms with van der Waals surface area (Å²) in [5, 5.41) is 13.0. The summed E-state index contributed by atoms with van der Waals surface area (Å²) in [6, 6.07) is 6.44. The van der Waals surface area contributed by atoms with E-state index in [0.717, 1.165) is 12.8 Å². The highest BCUT2D eigenvalue weighted by Crippen LogP contribution is 2.27. The van der Waals surface area contributed by atoms with Gasteiger partial charge in [-0.25, -0.2) is 4.79 Å². The minimum absolute atomic E-state index is 0.0401. The number of amides is 2. The van der Waals surface area contributed by atoms with Gasteiger partial charge in [0.05, 0.1) is 11.6 Å². The topological polar surface area (TPSA) is 69.6 Å². The maximum atomic E-state index is 12.4. The molecular weight excluding hydrogens is 268 g/mol. The van der Waals surface area contributed by atoms with Crippen molar-refractivity contribution in [1.82, 2.24) is 4.90 Å². The lowest BCUT2D eigenvalue weighted by atomic mass is 9.97. The fourth-order valence-electron chi connectivity index (χ4n) is 2.76. The number of nitrogens with zero attached hydrogens (tertiary/aromatic N) is 1. The number of anilines is 1. The number of benzene rings is 1. The normalized spacial score (nSPS) is 18.7. The zero-order chi connectivity index (χ0) is 15.6. The Hall–Kier alpha value is -1.88. The van der Waals surface area contributed by atoms with Crippen molar-refractivity contribution in [3.63, 3.8) is 0 Å². The van der Waals surface area contributed by atoms with E-state index in [1.807, 2.05) is 0 Å². The van der Waals surface area contributed by atoms with Crippen LogP contribution in [0.25, 0.3) is 0 Å². The van der Waals surface area contributed by atoms with Crippen LogP contribution in [-0.4, -0.2) is 40.0 Å². The highest BCUT2D eigenvalue weighted by Gasteiger charge is 2.38. The second-order valence-electron chi connectivity index (χ2n) is 6.07. The molecule has 2 N–H and O–H groups in total. The monoisotopic (exact) mass is 290 g/mol. The number of hydrogen-bond acceptors (Lipinski definition) is 3. The van der Waals surface area contributed by atoms with Crippen LogP contribution in [0.15, 0.2) is 24.3 Å². The summed E-state index contributed by atoms with van der Waals surface area (Å²) in [5.41, 5.74) is 0.233. The molecule has 1 atom stereocenters. The van der Waals surface area contributed by atoms with Crippen molar-refractivity contribution in [2.45, 2.75) is 45.3 Å². The number of carbonyl (C=O) groups excluding carboxylic acids is 2. The van der Waals surface area contributed by atoms with Crippen molar-refractivity contribution in [3.8, 4) is 0 Å². The van der Waals surface area contributed by atoms with Crippen molar-refractivity contribution in [2.75, 3.05) is 11.9 Å². The lowest BCUT2D eigenvalue weighted by molar-refractivity contribution is 0.0117. The van der Waals surface area contributed by atoms with Gasteiger partial charge in [-0.15, -0.1) is 0 Å². The maximum Gasteiger partial charge on any atom is 0.322 e. The summed E-state index contributed by atoms with van der Waals surface area (Å²) in [7, 11) is 0. The van der Waals surface area contributed by atoms with Crippen molar-refractivity contribution >= 4 is 17.5 Å². The van der Waals surface area contributed by atoms with Crippen molar-refractivity contribution in [3.05, 3.63) is 29.8 Å². The van der Waals surface area contributed by atoms with Crippen LogP contribution in [0.2, 0.25) is 0 Å². The molecule has 1 heterocycles. The Balaban J connectivity index is 2.11. The molecule has 0 spiro atoms. The zero-order valence-corrected chi connectivity index (χ0v) is 12.7. The molecular formula is C16H22N2O3. The van der Waals surface area contributed by atoms with E-state index in [1.54, 1.807) is 43.0 Å². The second kappa shape index (κ2) is 5.85. The molecule has 0 aliphatic carbocycles. The van der Waals surface area contributed by atoms with Crippen LogP contribution in [0.4, 0.5) is 10.5 Å². The molecule has 5 nitrogen and oxygen atoms in total. The Labute approximate surface area is 125 Å². The average molecular weight is 290 g/mol. The fraction of sp³-hybridized carbons (Fsp3) is 0.500. The number of urea groups is 1. The number of ketones is 1. The number of Topliss-reactive ketones (excluding diaryl/α,β-unsaturated/α-hetero) is 1. The van der Waals surface area contributed by atoms with Gasteiger partial charge in [-0.3, -0.25) is 4.79 Å². The van der Waals surface area contributed by atoms with E-state index in [-0.39, 0.29) is 17.9 Å². The van der Waals surface area contributed by atoms with Gasteiger partial charge in [0.15, 0.2) is 5.78 Å². The van der Waals surface area contributed by atoms with Crippen LogP contribution in [0.5, 0.6) is 0 Å². The number of carbonyl (C=O) groups is 2. The van der Waals surface area contributed by atoms with Gasteiger partial charge in [-0.2, -0.15) is 0 Å². The van der Waals surface area contributed by atoms with Gasteiger partial charge >= 0.3 is 6.03 Å². The Morgan fingerprint density at radius 2 is 2.10 bits per heavy atom.